The van der Waals surface area contributed by atoms with E-state index in [1.54, 1.807) is 38.4 Å². The number of benzene rings is 1. The van der Waals surface area contributed by atoms with E-state index in [0.29, 0.717) is 11.3 Å². The van der Waals surface area contributed by atoms with Crippen molar-refractivity contribution in [3.63, 3.8) is 0 Å². The average molecular weight is 281 g/mol. The van der Waals surface area contributed by atoms with Gasteiger partial charge in [0.2, 0.25) is 0 Å². The summed E-state index contributed by atoms with van der Waals surface area (Å²) in [6.07, 6.45) is 0. The van der Waals surface area contributed by atoms with Gasteiger partial charge in [0.15, 0.2) is 0 Å². The third-order valence-corrected chi connectivity index (χ3v) is 3.90. The number of hydrogen-bond acceptors (Lipinski definition) is 6. The Morgan fingerprint density at radius 2 is 1.95 bits per heavy atom. The lowest BCUT2D eigenvalue weighted by Crippen LogP contribution is -2.36. The zero-order valence-corrected chi connectivity index (χ0v) is 11.4. The van der Waals surface area contributed by atoms with Crippen molar-refractivity contribution in [1.82, 2.24) is 14.8 Å². The molecule has 0 fully saturated rings. The molecule has 0 unspecified atom stereocenters. The zero-order chi connectivity index (χ0) is 14.0. The molecule has 0 aliphatic rings. The Morgan fingerprint density at radius 1 is 1.21 bits per heavy atom. The van der Waals surface area contributed by atoms with Crippen molar-refractivity contribution in [2.45, 2.75) is 4.90 Å². The van der Waals surface area contributed by atoms with Crippen LogP contribution in [0.15, 0.2) is 35.2 Å². The van der Waals surface area contributed by atoms with E-state index in [0.717, 1.165) is 5.39 Å². The van der Waals surface area contributed by atoms with Crippen LogP contribution >= 0.6 is 0 Å². The van der Waals surface area contributed by atoms with Crippen molar-refractivity contribution >= 4 is 26.7 Å². The molecular weight excluding hydrogens is 266 g/mol. The summed E-state index contributed by atoms with van der Waals surface area (Å²) in [5.74, 6) is 5.79. The molecule has 19 heavy (non-hydrogen) atoms. The van der Waals surface area contributed by atoms with Crippen LogP contribution in [0.5, 0.6) is 0 Å². The Hall–Kier alpha value is -1.74. The molecule has 4 N–H and O–H groups in total. The summed E-state index contributed by atoms with van der Waals surface area (Å²) in [7, 11) is -0.338. The molecule has 0 saturated carbocycles. The normalized spacial score (nSPS) is 12.0. The molecule has 1 heterocycles. The number of rotatable bonds is 4. The fourth-order valence-corrected chi connectivity index (χ4v) is 2.76. The third-order valence-electron chi connectivity index (χ3n) is 2.42. The summed E-state index contributed by atoms with van der Waals surface area (Å²) < 4.78 is 24.0. The van der Waals surface area contributed by atoms with Gasteiger partial charge in [0.25, 0.3) is 10.0 Å². The predicted octanol–water partition coefficient (Wildman–Crippen LogP) is 0.275. The van der Waals surface area contributed by atoms with E-state index in [-0.39, 0.29) is 4.90 Å². The molecule has 1 aromatic carbocycles. The maximum atomic E-state index is 12.0. The molecule has 0 spiro atoms. The second-order valence-corrected chi connectivity index (χ2v) is 5.85. The van der Waals surface area contributed by atoms with Crippen LogP contribution in [-0.2, 0) is 10.0 Å². The lowest BCUT2D eigenvalue weighted by atomic mass is 10.2. The van der Waals surface area contributed by atoms with Crippen LogP contribution in [0, 0.1) is 0 Å². The van der Waals surface area contributed by atoms with Gasteiger partial charge in [-0.2, -0.15) is 0 Å². The highest BCUT2D eigenvalue weighted by atomic mass is 32.2. The van der Waals surface area contributed by atoms with Gasteiger partial charge in [-0.3, -0.25) is 0 Å². The van der Waals surface area contributed by atoms with Crippen LogP contribution in [0.1, 0.15) is 0 Å². The van der Waals surface area contributed by atoms with Gasteiger partial charge in [-0.05, 0) is 30.3 Å². The van der Waals surface area contributed by atoms with E-state index < -0.39 is 10.0 Å². The predicted molar refractivity (Wildman–Crippen MR) is 73.6 cm³/mol. The average Bonchev–Trinajstić information content (AvgIpc) is 2.36. The molecule has 0 atom stereocenters. The topological polar surface area (TPSA) is 100 Å². The molecule has 0 radical (unpaired) electrons. The molecule has 0 amide bonds. The van der Waals surface area contributed by atoms with E-state index in [9.17, 15) is 8.42 Å². The van der Waals surface area contributed by atoms with E-state index in [4.69, 9.17) is 5.84 Å². The standard InChI is InChI=1S/C11H15N5O2S/c1-16(2)15-19(17,18)9-4-5-10-8(7-9)3-6-11(13-10)14-12/h3-7,15H,12H2,1-2H3,(H,13,14). The van der Waals surface area contributed by atoms with E-state index >= 15 is 0 Å². The Balaban J connectivity index is 2.48. The Morgan fingerprint density at radius 3 is 2.58 bits per heavy atom. The van der Waals surface area contributed by atoms with Crippen LogP contribution in [0.4, 0.5) is 5.82 Å². The van der Waals surface area contributed by atoms with Crippen LogP contribution in [0.2, 0.25) is 0 Å². The minimum atomic E-state index is -3.56. The summed E-state index contributed by atoms with van der Waals surface area (Å²) in [5.41, 5.74) is 3.11. The fourth-order valence-electron chi connectivity index (χ4n) is 1.64. The second kappa shape index (κ2) is 5.10. The van der Waals surface area contributed by atoms with Gasteiger partial charge in [-0.1, -0.05) is 0 Å². The number of hydrogen-bond donors (Lipinski definition) is 3. The molecule has 0 aliphatic carbocycles. The number of nitrogens with two attached hydrogens (primary N) is 1. The number of anilines is 1. The van der Waals surface area contributed by atoms with Gasteiger partial charge in [0, 0.05) is 19.5 Å². The summed E-state index contributed by atoms with van der Waals surface area (Å²) >= 11 is 0. The van der Waals surface area contributed by atoms with Gasteiger partial charge in [-0.15, -0.1) is 4.83 Å². The number of nitrogens with one attached hydrogen (secondary N) is 2. The van der Waals surface area contributed by atoms with Gasteiger partial charge >= 0.3 is 0 Å². The van der Waals surface area contributed by atoms with Gasteiger partial charge in [-0.25, -0.2) is 24.3 Å². The Bertz CT molecular complexity index is 699. The van der Waals surface area contributed by atoms with Crippen LogP contribution in [0.3, 0.4) is 0 Å². The monoisotopic (exact) mass is 281 g/mol. The largest absolute Gasteiger partial charge is 0.308 e. The number of sulfonamides is 1. The van der Waals surface area contributed by atoms with Crippen molar-refractivity contribution < 1.29 is 8.42 Å². The SMILES string of the molecule is CN(C)NS(=O)(=O)c1ccc2nc(NN)ccc2c1. The highest BCUT2D eigenvalue weighted by Crippen LogP contribution is 2.19. The molecule has 0 aliphatic heterocycles. The van der Waals surface area contributed by atoms with Crippen LogP contribution in [0.25, 0.3) is 10.9 Å². The zero-order valence-electron chi connectivity index (χ0n) is 10.6. The first-order valence-electron chi connectivity index (χ1n) is 5.49. The number of pyridine rings is 1. The summed E-state index contributed by atoms with van der Waals surface area (Å²) in [6.45, 7) is 0. The van der Waals surface area contributed by atoms with E-state index in [2.05, 4.69) is 15.2 Å². The van der Waals surface area contributed by atoms with Crippen molar-refractivity contribution in [1.29, 1.82) is 0 Å². The van der Waals surface area contributed by atoms with Crippen molar-refractivity contribution in [3.8, 4) is 0 Å². The molecule has 8 heteroatoms. The maximum absolute atomic E-state index is 12.0. The number of hydrazine groups is 2. The fraction of sp³-hybridized carbons (Fsp3) is 0.182. The first kappa shape index (κ1) is 13.7. The Labute approximate surface area is 111 Å². The Kier molecular flexibility index (Phi) is 3.67. The minimum Gasteiger partial charge on any atom is -0.308 e. The van der Waals surface area contributed by atoms with E-state index in [1.165, 1.54) is 11.1 Å². The lowest BCUT2D eigenvalue weighted by molar-refractivity contribution is 0.364. The maximum Gasteiger partial charge on any atom is 0.253 e. The third kappa shape index (κ3) is 2.99. The van der Waals surface area contributed by atoms with Gasteiger partial charge in [0.1, 0.15) is 5.82 Å². The quantitative estimate of drug-likeness (QED) is 0.549. The first-order valence-corrected chi connectivity index (χ1v) is 6.98. The van der Waals surface area contributed by atoms with Gasteiger partial charge < -0.3 is 5.43 Å². The second-order valence-electron chi connectivity index (χ2n) is 4.18. The molecule has 1 aromatic heterocycles. The highest BCUT2D eigenvalue weighted by molar-refractivity contribution is 7.89. The van der Waals surface area contributed by atoms with E-state index in [1.807, 2.05) is 0 Å². The molecule has 0 saturated heterocycles. The minimum absolute atomic E-state index is 0.184. The van der Waals surface area contributed by atoms with Crippen molar-refractivity contribution in [2.24, 2.45) is 5.84 Å². The summed E-state index contributed by atoms with van der Waals surface area (Å²) in [4.78, 5) is 6.78. The number of aromatic nitrogens is 1. The molecule has 0 bridgehead atoms. The molecule has 2 aromatic rings. The highest BCUT2D eigenvalue weighted by Gasteiger charge is 2.15. The van der Waals surface area contributed by atoms with Crippen LogP contribution in [-0.4, -0.2) is 32.5 Å². The summed E-state index contributed by atoms with van der Waals surface area (Å²) in [5, 5.41) is 2.10. The molecule has 102 valence electrons. The molecule has 7 nitrogen and oxygen atoms in total. The van der Waals surface area contributed by atoms with Crippen molar-refractivity contribution in [3.05, 3.63) is 30.3 Å². The van der Waals surface area contributed by atoms with Crippen LogP contribution < -0.4 is 16.1 Å². The molecular formula is C11H15N5O2S. The smallest absolute Gasteiger partial charge is 0.253 e. The first-order chi connectivity index (χ1) is 8.92. The number of nitrogen functional groups attached to an aromatic ring is 1. The summed E-state index contributed by atoms with van der Waals surface area (Å²) in [6, 6.07) is 8.14. The van der Waals surface area contributed by atoms with Gasteiger partial charge in [0.05, 0.1) is 10.4 Å². The number of nitrogens with zero attached hydrogens (tertiary/aromatic N) is 2. The lowest BCUT2D eigenvalue weighted by Gasteiger charge is -2.12. The van der Waals surface area contributed by atoms with Crippen molar-refractivity contribution in [2.75, 3.05) is 19.5 Å². The number of fused-ring (bicyclic) bond motifs is 1. The molecule has 2 rings (SSSR count).